The van der Waals surface area contributed by atoms with Crippen LogP contribution in [0, 0.1) is 0 Å². The largest absolute Gasteiger partial charge is 0.493 e. The predicted octanol–water partition coefficient (Wildman–Crippen LogP) is 4.09. The minimum atomic E-state index is -0.374. The number of ether oxygens (including phenoxy) is 2. The van der Waals surface area contributed by atoms with Crippen molar-refractivity contribution in [2.24, 2.45) is 0 Å². The molecule has 146 valence electrons. The number of methoxy groups -OCH3 is 1. The summed E-state index contributed by atoms with van der Waals surface area (Å²) >= 11 is 7.67. The highest BCUT2D eigenvalue weighted by Gasteiger charge is 2.34. The van der Waals surface area contributed by atoms with Crippen LogP contribution in [0.3, 0.4) is 0 Å². The molecule has 0 radical (unpaired) electrons. The van der Waals surface area contributed by atoms with Crippen LogP contribution in [0.4, 0.5) is 0 Å². The molecule has 1 aromatic heterocycles. The predicted molar refractivity (Wildman–Crippen MR) is 116 cm³/mol. The van der Waals surface area contributed by atoms with Crippen molar-refractivity contribution in [2.75, 3.05) is 7.11 Å². The molecule has 0 spiro atoms. The topological polar surface area (TPSA) is 67.9 Å². The van der Waals surface area contributed by atoms with Crippen molar-refractivity contribution in [1.82, 2.24) is 10.4 Å². The van der Waals surface area contributed by atoms with E-state index >= 15 is 0 Å². The summed E-state index contributed by atoms with van der Waals surface area (Å²) in [6, 6.07) is 8.86. The molecule has 1 fully saturated rings. The standard InChI is InChI=1S/C19H18N2O4S3/c1-11(2)25-13-7-6-12(9-14(13)24-3)10-16-18(23)21(19(26)28-16)20-17(22)15-5-4-8-27-15/h4-11H,1-3H3,(H,20,22)/b16-10-. The number of hydrogen-bond acceptors (Lipinski definition) is 7. The molecule has 28 heavy (non-hydrogen) atoms. The first-order chi connectivity index (χ1) is 13.4. The lowest BCUT2D eigenvalue weighted by Crippen LogP contribution is -2.44. The smallest absolute Gasteiger partial charge is 0.285 e. The second-order valence-electron chi connectivity index (χ2n) is 6.01. The van der Waals surface area contributed by atoms with E-state index in [-0.39, 0.29) is 22.2 Å². The molecule has 1 N–H and O–H groups in total. The van der Waals surface area contributed by atoms with E-state index in [1.165, 1.54) is 11.3 Å². The summed E-state index contributed by atoms with van der Waals surface area (Å²) in [5.41, 5.74) is 3.32. The van der Waals surface area contributed by atoms with Gasteiger partial charge >= 0.3 is 0 Å². The van der Waals surface area contributed by atoms with Gasteiger partial charge < -0.3 is 9.47 Å². The molecule has 0 bridgehead atoms. The third-order valence-corrected chi connectivity index (χ3v) is 5.77. The Balaban J connectivity index is 1.78. The van der Waals surface area contributed by atoms with E-state index in [1.54, 1.807) is 42.8 Å². The highest BCUT2D eigenvalue weighted by molar-refractivity contribution is 8.26. The monoisotopic (exact) mass is 434 g/mol. The van der Waals surface area contributed by atoms with Crippen LogP contribution in [0.2, 0.25) is 0 Å². The minimum Gasteiger partial charge on any atom is -0.493 e. The van der Waals surface area contributed by atoms with Gasteiger partial charge in [0, 0.05) is 0 Å². The Morgan fingerprint density at radius 3 is 2.71 bits per heavy atom. The third-order valence-electron chi connectivity index (χ3n) is 3.60. The van der Waals surface area contributed by atoms with Gasteiger partial charge in [0.25, 0.3) is 11.8 Å². The Morgan fingerprint density at radius 2 is 2.07 bits per heavy atom. The fraction of sp³-hybridized carbons (Fsp3) is 0.211. The van der Waals surface area contributed by atoms with Gasteiger partial charge in [0.05, 0.1) is 23.0 Å². The van der Waals surface area contributed by atoms with Crippen molar-refractivity contribution in [3.63, 3.8) is 0 Å². The Labute approximate surface area is 176 Å². The molecule has 2 amide bonds. The fourth-order valence-corrected chi connectivity index (χ4v) is 4.20. The van der Waals surface area contributed by atoms with Gasteiger partial charge in [-0.15, -0.1) is 11.3 Å². The summed E-state index contributed by atoms with van der Waals surface area (Å²) in [5, 5.41) is 2.89. The number of amides is 2. The zero-order valence-corrected chi connectivity index (χ0v) is 17.9. The molecule has 1 aliphatic rings. The van der Waals surface area contributed by atoms with Crippen molar-refractivity contribution in [3.05, 3.63) is 51.1 Å². The normalized spacial score (nSPS) is 15.4. The van der Waals surface area contributed by atoms with Crippen molar-refractivity contribution < 1.29 is 19.1 Å². The first kappa shape index (κ1) is 20.4. The highest BCUT2D eigenvalue weighted by atomic mass is 32.2. The summed E-state index contributed by atoms with van der Waals surface area (Å²) in [5.74, 6) is 0.458. The first-order valence-electron chi connectivity index (χ1n) is 8.36. The molecule has 0 saturated carbocycles. The average Bonchev–Trinajstić information content (AvgIpc) is 3.27. The van der Waals surface area contributed by atoms with E-state index in [1.807, 2.05) is 19.9 Å². The number of nitrogens with one attached hydrogen (secondary N) is 1. The number of nitrogens with zero attached hydrogens (tertiary/aromatic N) is 1. The van der Waals surface area contributed by atoms with Gasteiger partial charge in [-0.3, -0.25) is 15.0 Å². The molecule has 1 aromatic carbocycles. The Morgan fingerprint density at radius 1 is 1.29 bits per heavy atom. The lowest BCUT2D eigenvalue weighted by molar-refractivity contribution is -0.123. The van der Waals surface area contributed by atoms with Crippen LogP contribution in [-0.2, 0) is 4.79 Å². The molecule has 0 unspecified atom stereocenters. The number of benzene rings is 1. The maximum atomic E-state index is 12.7. The zero-order chi connectivity index (χ0) is 20.3. The SMILES string of the molecule is COc1cc(/C=C2\SC(=S)N(NC(=O)c3cccs3)C2=O)ccc1OC(C)C. The van der Waals surface area contributed by atoms with E-state index in [4.69, 9.17) is 21.7 Å². The molecule has 3 rings (SSSR count). The number of carbonyl (C=O) groups excluding carboxylic acids is 2. The Hall–Kier alpha value is -2.36. The van der Waals surface area contributed by atoms with Gasteiger partial charge in [-0.05, 0) is 61.3 Å². The molecule has 2 aromatic rings. The van der Waals surface area contributed by atoms with Gasteiger partial charge in [0.15, 0.2) is 15.8 Å². The van der Waals surface area contributed by atoms with Crippen molar-refractivity contribution in [1.29, 1.82) is 0 Å². The summed E-state index contributed by atoms with van der Waals surface area (Å²) in [4.78, 5) is 25.8. The molecule has 1 aliphatic heterocycles. The summed E-state index contributed by atoms with van der Waals surface area (Å²) in [6.45, 7) is 3.87. The van der Waals surface area contributed by atoms with Gasteiger partial charge in [-0.25, -0.2) is 0 Å². The van der Waals surface area contributed by atoms with Gasteiger partial charge in [-0.2, -0.15) is 5.01 Å². The Bertz CT molecular complexity index is 939. The molecule has 2 heterocycles. The number of rotatable bonds is 6. The number of hydrazine groups is 1. The van der Waals surface area contributed by atoms with Gasteiger partial charge in [0.1, 0.15) is 0 Å². The van der Waals surface area contributed by atoms with Crippen LogP contribution < -0.4 is 14.9 Å². The molecule has 9 heteroatoms. The van der Waals surface area contributed by atoms with E-state index in [2.05, 4.69) is 5.43 Å². The van der Waals surface area contributed by atoms with Gasteiger partial charge in [-0.1, -0.05) is 23.9 Å². The number of hydrogen-bond donors (Lipinski definition) is 1. The maximum absolute atomic E-state index is 12.7. The maximum Gasteiger partial charge on any atom is 0.285 e. The molecule has 0 atom stereocenters. The van der Waals surface area contributed by atoms with E-state index in [0.717, 1.165) is 22.3 Å². The number of thiophene rings is 1. The number of thioether (sulfide) groups is 1. The van der Waals surface area contributed by atoms with E-state index < -0.39 is 0 Å². The molecule has 0 aliphatic carbocycles. The third kappa shape index (κ3) is 4.54. The number of thiocarbonyl (C=S) groups is 1. The second-order valence-corrected chi connectivity index (χ2v) is 8.64. The summed E-state index contributed by atoms with van der Waals surface area (Å²) in [6.07, 6.45) is 1.72. The Kier molecular flexibility index (Phi) is 6.38. The van der Waals surface area contributed by atoms with Crippen LogP contribution >= 0.6 is 35.3 Å². The van der Waals surface area contributed by atoms with Gasteiger partial charge in [0.2, 0.25) is 0 Å². The molecular weight excluding hydrogens is 416 g/mol. The van der Waals surface area contributed by atoms with Crippen molar-refractivity contribution in [3.8, 4) is 11.5 Å². The van der Waals surface area contributed by atoms with Crippen LogP contribution in [0.5, 0.6) is 11.5 Å². The molecular formula is C19H18N2O4S3. The lowest BCUT2D eigenvalue weighted by atomic mass is 10.2. The fourth-order valence-electron chi connectivity index (χ4n) is 2.41. The van der Waals surface area contributed by atoms with Crippen molar-refractivity contribution in [2.45, 2.75) is 20.0 Å². The first-order valence-corrected chi connectivity index (χ1v) is 10.5. The summed E-state index contributed by atoms with van der Waals surface area (Å²) in [7, 11) is 1.56. The van der Waals surface area contributed by atoms with E-state index in [9.17, 15) is 9.59 Å². The molecule has 1 saturated heterocycles. The highest BCUT2D eigenvalue weighted by Crippen LogP contribution is 2.34. The van der Waals surface area contributed by atoms with Crippen LogP contribution in [0.15, 0.2) is 40.6 Å². The van der Waals surface area contributed by atoms with Crippen LogP contribution in [0.1, 0.15) is 29.1 Å². The number of carbonyl (C=O) groups is 2. The quantitative estimate of drug-likeness (QED) is 0.546. The second kappa shape index (κ2) is 8.76. The minimum absolute atomic E-state index is 0.0166. The van der Waals surface area contributed by atoms with Crippen LogP contribution in [0.25, 0.3) is 6.08 Å². The molecule has 6 nitrogen and oxygen atoms in total. The van der Waals surface area contributed by atoms with Crippen LogP contribution in [-0.4, -0.2) is 34.4 Å². The lowest BCUT2D eigenvalue weighted by Gasteiger charge is -2.15. The van der Waals surface area contributed by atoms with Crippen molar-refractivity contribution >= 4 is 57.5 Å². The average molecular weight is 435 g/mol. The summed E-state index contributed by atoms with van der Waals surface area (Å²) < 4.78 is 11.3. The van der Waals surface area contributed by atoms with E-state index in [0.29, 0.717) is 21.3 Å². The zero-order valence-electron chi connectivity index (χ0n) is 15.4.